The van der Waals surface area contributed by atoms with E-state index in [9.17, 15) is 18.8 Å². The molecule has 9 heteroatoms. The van der Waals surface area contributed by atoms with Crippen molar-refractivity contribution in [1.29, 1.82) is 0 Å². The average Bonchev–Trinajstić information content (AvgIpc) is 3.46. The van der Waals surface area contributed by atoms with Gasteiger partial charge in [0.1, 0.15) is 11.9 Å². The van der Waals surface area contributed by atoms with Crippen molar-refractivity contribution in [2.24, 2.45) is 11.7 Å². The lowest BCUT2D eigenvalue weighted by molar-refractivity contribution is -0.190. The van der Waals surface area contributed by atoms with Gasteiger partial charge in [0.25, 0.3) is 0 Å². The largest absolute Gasteiger partial charge is 0.446 e. The number of halogens is 1. The summed E-state index contributed by atoms with van der Waals surface area (Å²) in [7, 11) is 0. The third kappa shape index (κ3) is 3.93. The van der Waals surface area contributed by atoms with Crippen molar-refractivity contribution < 1.29 is 23.5 Å². The van der Waals surface area contributed by atoms with E-state index in [2.05, 4.69) is 10.6 Å². The molecule has 0 radical (unpaired) electrons. The molecule has 0 aliphatic heterocycles. The molecule has 0 heterocycles. The number of carbonyl (C=O) groups is 3. The van der Waals surface area contributed by atoms with E-state index in [1.54, 1.807) is 23.1 Å². The second-order valence-corrected chi connectivity index (χ2v) is 8.90. The third-order valence-electron chi connectivity index (χ3n) is 6.52. The number of hydrogen-bond acceptors (Lipinski definition) is 4. The molecule has 0 saturated heterocycles. The van der Waals surface area contributed by atoms with Crippen molar-refractivity contribution in [2.75, 3.05) is 6.54 Å². The van der Waals surface area contributed by atoms with E-state index < -0.39 is 23.5 Å². The molecule has 1 aromatic carbocycles. The van der Waals surface area contributed by atoms with Crippen molar-refractivity contribution in [1.82, 2.24) is 15.5 Å². The molecule has 5 rings (SSSR count). The van der Waals surface area contributed by atoms with Crippen LogP contribution in [0, 0.1) is 11.7 Å². The van der Waals surface area contributed by atoms with Gasteiger partial charge in [-0.1, -0.05) is 18.2 Å². The van der Waals surface area contributed by atoms with Gasteiger partial charge in [0, 0.05) is 12.1 Å². The SMILES string of the molecule is C[C@@H](OC(=O)NC12CC(N(Cc3ccccc3F)C(=O)CNC(N)=O)(C1)C2)C1CC1. The van der Waals surface area contributed by atoms with Gasteiger partial charge in [0.15, 0.2) is 0 Å². The topological polar surface area (TPSA) is 114 Å². The minimum absolute atomic E-state index is 0.0885. The fourth-order valence-electron chi connectivity index (χ4n) is 4.81. The Morgan fingerprint density at radius 2 is 1.93 bits per heavy atom. The van der Waals surface area contributed by atoms with Crippen molar-refractivity contribution in [3.63, 3.8) is 0 Å². The molecule has 4 aliphatic carbocycles. The number of nitrogens with zero attached hydrogens (tertiary/aromatic N) is 1. The first kappa shape index (κ1) is 20.4. The van der Waals surface area contributed by atoms with Gasteiger partial charge >= 0.3 is 12.1 Å². The number of amides is 4. The minimum atomic E-state index is -0.794. The van der Waals surface area contributed by atoms with E-state index in [1.165, 1.54) is 6.07 Å². The fraction of sp³-hybridized carbons (Fsp3) is 0.571. The molecule has 4 aliphatic rings. The maximum Gasteiger partial charge on any atom is 0.407 e. The summed E-state index contributed by atoms with van der Waals surface area (Å²) < 4.78 is 19.6. The summed E-state index contributed by atoms with van der Waals surface area (Å²) in [5.74, 6) is -0.271. The summed E-state index contributed by atoms with van der Waals surface area (Å²) in [6.45, 7) is 1.74. The molecule has 4 N–H and O–H groups in total. The smallest absolute Gasteiger partial charge is 0.407 e. The van der Waals surface area contributed by atoms with Gasteiger partial charge in [0.05, 0.1) is 17.6 Å². The fourth-order valence-corrected chi connectivity index (χ4v) is 4.81. The highest BCUT2D eigenvalue weighted by Crippen LogP contribution is 2.64. The maximum absolute atomic E-state index is 14.2. The predicted molar refractivity (Wildman–Crippen MR) is 106 cm³/mol. The number of hydrogen-bond donors (Lipinski definition) is 3. The van der Waals surface area contributed by atoms with Crippen molar-refractivity contribution in [3.8, 4) is 0 Å². The number of carbonyl (C=O) groups excluding carboxylic acids is 3. The average molecular weight is 418 g/mol. The summed E-state index contributed by atoms with van der Waals surface area (Å²) in [5, 5.41) is 5.26. The maximum atomic E-state index is 14.2. The van der Waals surface area contributed by atoms with Gasteiger partial charge in [0.2, 0.25) is 5.91 Å². The third-order valence-corrected chi connectivity index (χ3v) is 6.52. The molecule has 1 atom stereocenters. The molecule has 4 amide bonds. The summed E-state index contributed by atoms with van der Waals surface area (Å²) in [5.41, 5.74) is 4.63. The number of primary amides is 1. The summed E-state index contributed by atoms with van der Waals surface area (Å²) >= 11 is 0. The highest BCUT2D eigenvalue weighted by atomic mass is 19.1. The van der Waals surface area contributed by atoms with Crippen LogP contribution in [0.2, 0.25) is 0 Å². The Bertz CT molecular complexity index is 853. The first-order valence-corrected chi connectivity index (χ1v) is 10.3. The molecule has 1 aromatic rings. The lowest BCUT2D eigenvalue weighted by Crippen LogP contribution is -2.84. The molecular weight excluding hydrogens is 391 g/mol. The Kier molecular flexibility index (Phi) is 5.07. The molecule has 0 spiro atoms. The second kappa shape index (κ2) is 7.45. The minimum Gasteiger partial charge on any atom is -0.446 e. The van der Waals surface area contributed by atoms with Crippen LogP contribution >= 0.6 is 0 Å². The van der Waals surface area contributed by atoms with Gasteiger partial charge < -0.3 is 26.0 Å². The Hall–Kier alpha value is -2.84. The van der Waals surface area contributed by atoms with Gasteiger partial charge in [-0.2, -0.15) is 0 Å². The Morgan fingerprint density at radius 1 is 1.27 bits per heavy atom. The number of benzene rings is 1. The number of alkyl carbamates (subject to hydrolysis) is 1. The molecule has 30 heavy (non-hydrogen) atoms. The van der Waals surface area contributed by atoms with Crippen LogP contribution in [-0.2, 0) is 16.1 Å². The predicted octanol–water partition coefficient (Wildman–Crippen LogP) is 2.02. The van der Waals surface area contributed by atoms with Gasteiger partial charge in [-0.25, -0.2) is 14.0 Å². The lowest BCUT2D eigenvalue weighted by Gasteiger charge is -2.73. The van der Waals surface area contributed by atoms with E-state index in [0.29, 0.717) is 30.7 Å². The first-order chi connectivity index (χ1) is 14.2. The van der Waals surface area contributed by atoms with Gasteiger partial charge in [-0.3, -0.25) is 4.79 Å². The lowest BCUT2D eigenvalue weighted by atomic mass is 9.43. The van der Waals surface area contributed by atoms with Crippen LogP contribution in [0.1, 0.15) is 44.6 Å². The number of nitrogens with one attached hydrogen (secondary N) is 2. The highest BCUT2D eigenvalue weighted by Gasteiger charge is 2.72. The summed E-state index contributed by atoms with van der Waals surface area (Å²) in [4.78, 5) is 37.6. The Balaban J connectivity index is 1.40. The zero-order valence-electron chi connectivity index (χ0n) is 16.9. The highest BCUT2D eigenvalue weighted by molar-refractivity contribution is 5.84. The zero-order valence-corrected chi connectivity index (χ0v) is 16.9. The van der Waals surface area contributed by atoms with Crippen LogP contribution in [0.25, 0.3) is 0 Å². The van der Waals surface area contributed by atoms with Crippen LogP contribution in [0.5, 0.6) is 0 Å². The molecule has 4 saturated carbocycles. The van der Waals surface area contributed by atoms with Crippen LogP contribution in [0.3, 0.4) is 0 Å². The second-order valence-electron chi connectivity index (χ2n) is 8.90. The quantitative estimate of drug-likeness (QED) is 0.599. The summed E-state index contributed by atoms with van der Waals surface area (Å²) in [6.07, 6.45) is 3.39. The standard InChI is InChI=1S/C21H27FN4O4/c1-13(14-6-7-14)30-19(29)25-20-10-21(11-20,12-20)26(17(27)8-24-18(23)28)9-15-4-2-3-5-16(15)22/h2-5,13-14H,6-12H2,1H3,(H,25,29)(H3,23,24,28)/t13-,20?,21?/m1/s1. The molecule has 2 bridgehead atoms. The van der Waals surface area contributed by atoms with Crippen LogP contribution in [-0.4, -0.2) is 46.7 Å². The Labute approximate surface area is 174 Å². The molecule has 4 fully saturated rings. The van der Waals surface area contributed by atoms with E-state index in [1.807, 2.05) is 6.92 Å². The van der Waals surface area contributed by atoms with Gasteiger partial charge in [-0.15, -0.1) is 0 Å². The van der Waals surface area contributed by atoms with E-state index in [-0.39, 0.29) is 30.6 Å². The van der Waals surface area contributed by atoms with Crippen LogP contribution in [0.15, 0.2) is 24.3 Å². The summed E-state index contributed by atoms with van der Waals surface area (Å²) in [6, 6.07) is 5.49. The normalized spacial score (nSPS) is 27.1. The van der Waals surface area contributed by atoms with E-state index >= 15 is 0 Å². The monoisotopic (exact) mass is 418 g/mol. The molecular formula is C21H27FN4O4. The van der Waals surface area contributed by atoms with E-state index in [4.69, 9.17) is 10.5 Å². The molecule has 8 nitrogen and oxygen atoms in total. The van der Waals surface area contributed by atoms with Crippen molar-refractivity contribution in [2.45, 2.75) is 62.8 Å². The van der Waals surface area contributed by atoms with Gasteiger partial charge in [-0.05, 0) is 51.0 Å². The van der Waals surface area contributed by atoms with Crippen LogP contribution < -0.4 is 16.4 Å². The van der Waals surface area contributed by atoms with E-state index in [0.717, 1.165) is 12.8 Å². The number of rotatable bonds is 8. The van der Waals surface area contributed by atoms with Crippen LogP contribution in [0.4, 0.5) is 14.0 Å². The zero-order chi connectivity index (χ0) is 21.5. The molecule has 0 aromatic heterocycles. The number of ether oxygens (including phenoxy) is 1. The molecule has 0 unspecified atom stereocenters. The molecule has 162 valence electrons. The van der Waals surface area contributed by atoms with Crippen molar-refractivity contribution >= 4 is 18.0 Å². The van der Waals surface area contributed by atoms with Crippen molar-refractivity contribution in [3.05, 3.63) is 35.6 Å². The first-order valence-electron chi connectivity index (χ1n) is 10.3. The number of urea groups is 1. The Morgan fingerprint density at radius 3 is 2.53 bits per heavy atom. The number of nitrogens with two attached hydrogens (primary N) is 1.